The molecule has 0 spiro atoms. The van der Waals surface area contributed by atoms with Crippen molar-refractivity contribution in [1.82, 2.24) is 4.90 Å². The molecular formula is C18H29NO3. The van der Waals surface area contributed by atoms with Gasteiger partial charge in [0.15, 0.2) is 0 Å². The Labute approximate surface area is 133 Å². The van der Waals surface area contributed by atoms with Crippen LogP contribution in [0.1, 0.15) is 45.1 Å². The smallest absolute Gasteiger partial charge is 0.123 e. The van der Waals surface area contributed by atoms with Gasteiger partial charge in [-0.05, 0) is 50.3 Å². The van der Waals surface area contributed by atoms with Crippen molar-refractivity contribution in [2.75, 3.05) is 26.3 Å². The quantitative estimate of drug-likeness (QED) is 0.812. The second-order valence-corrected chi connectivity index (χ2v) is 6.43. The van der Waals surface area contributed by atoms with Gasteiger partial charge >= 0.3 is 0 Å². The summed E-state index contributed by atoms with van der Waals surface area (Å²) in [5.41, 5.74) is 1.05. The molecule has 22 heavy (non-hydrogen) atoms. The summed E-state index contributed by atoms with van der Waals surface area (Å²) in [6.45, 7) is 7.88. The van der Waals surface area contributed by atoms with Crippen molar-refractivity contribution in [3.05, 3.63) is 23.8 Å². The highest BCUT2D eigenvalue weighted by Gasteiger charge is 2.32. The first kappa shape index (κ1) is 17.1. The second kappa shape index (κ2) is 7.84. The van der Waals surface area contributed by atoms with Gasteiger partial charge in [0.25, 0.3) is 0 Å². The van der Waals surface area contributed by atoms with Crippen LogP contribution >= 0.6 is 0 Å². The Morgan fingerprint density at radius 3 is 2.50 bits per heavy atom. The molecular weight excluding hydrogens is 278 g/mol. The number of rotatable bonds is 7. The largest absolute Gasteiger partial charge is 0.507 e. The number of ether oxygens (including phenoxy) is 1. The maximum atomic E-state index is 10.2. The summed E-state index contributed by atoms with van der Waals surface area (Å²) in [6, 6.07) is 5.59. The zero-order chi connectivity index (χ0) is 16.0. The zero-order valence-electron chi connectivity index (χ0n) is 13.8. The molecule has 0 atom stereocenters. The highest BCUT2D eigenvalue weighted by molar-refractivity contribution is 5.39. The van der Waals surface area contributed by atoms with E-state index in [9.17, 15) is 10.2 Å². The van der Waals surface area contributed by atoms with E-state index in [2.05, 4.69) is 18.7 Å². The minimum absolute atomic E-state index is 0.108. The summed E-state index contributed by atoms with van der Waals surface area (Å²) in [4.78, 5) is 2.35. The Balaban J connectivity index is 1.92. The van der Waals surface area contributed by atoms with Gasteiger partial charge < -0.3 is 14.9 Å². The molecule has 0 bridgehead atoms. The van der Waals surface area contributed by atoms with Crippen molar-refractivity contribution < 1.29 is 14.9 Å². The van der Waals surface area contributed by atoms with Crippen molar-refractivity contribution in [2.24, 2.45) is 5.41 Å². The molecule has 124 valence electrons. The van der Waals surface area contributed by atoms with E-state index in [1.807, 2.05) is 12.1 Å². The number of phenols is 1. The fourth-order valence-corrected chi connectivity index (χ4v) is 3.04. The minimum Gasteiger partial charge on any atom is -0.507 e. The summed E-state index contributed by atoms with van der Waals surface area (Å²) < 4.78 is 5.54. The van der Waals surface area contributed by atoms with Crippen molar-refractivity contribution in [2.45, 2.75) is 46.1 Å². The predicted octanol–water partition coefficient (Wildman–Crippen LogP) is 3.17. The molecule has 2 rings (SSSR count). The van der Waals surface area contributed by atoms with E-state index in [1.165, 1.54) is 0 Å². The third kappa shape index (κ3) is 4.14. The average molecular weight is 307 g/mol. The van der Waals surface area contributed by atoms with Gasteiger partial charge in [-0.25, -0.2) is 0 Å². The van der Waals surface area contributed by atoms with Gasteiger partial charge in [0.1, 0.15) is 11.5 Å². The number of hydrogen-bond donors (Lipinski definition) is 2. The SMILES string of the molecule is CCCOc1ccc(CN2CCC(CC)(CO)CC2)c(O)c1. The van der Waals surface area contributed by atoms with Crippen LogP contribution in [0.25, 0.3) is 0 Å². The Morgan fingerprint density at radius 2 is 1.95 bits per heavy atom. The van der Waals surface area contributed by atoms with Crippen molar-refractivity contribution in [1.29, 1.82) is 0 Å². The van der Waals surface area contributed by atoms with E-state index in [0.29, 0.717) is 12.4 Å². The monoisotopic (exact) mass is 307 g/mol. The molecule has 1 fully saturated rings. The number of nitrogens with zero attached hydrogens (tertiary/aromatic N) is 1. The summed E-state index contributed by atoms with van der Waals surface area (Å²) in [5.74, 6) is 1.04. The topological polar surface area (TPSA) is 52.9 Å². The lowest BCUT2D eigenvalue weighted by Crippen LogP contribution is -2.41. The molecule has 1 heterocycles. The van der Waals surface area contributed by atoms with Crippen LogP contribution in [0.4, 0.5) is 0 Å². The molecule has 0 aliphatic carbocycles. The molecule has 0 amide bonds. The van der Waals surface area contributed by atoms with Crippen molar-refractivity contribution in [3.63, 3.8) is 0 Å². The lowest BCUT2D eigenvalue weighted by Gasteiger charge is -2.40. The molecule has 1 aliphatic rings. The number of aliphatic hydroxyl groups excluding tert-OH is 1. The Hall–Kier alpha value is -1.26. The lowest BCUT2D eigenvalue weighted by molar-refractivity contribution is 0.0380. The molecule has 0 radical (unpaired) electrons. The number of aromatic hydroxyl groups is 1. The molecule has 0 aromatic heterocycles. The first-order valence-electron chi connectivity index (χ1n) is 8.40. The second-order valence-electron chi connectivity index (χ2n) is 6.43. The number of aliphatic hydroxyl groups is 1. The van der Waals surface area contributed by atoms with Crippen LogP contribution < -0.4 is 4.74 Å². The highest BCUT2D eigenvalue weighted by atomic mass is 16.5. The minimum atomic E-state index is 0.108. The maximum absolute atomic E-state index is 10.2. The van der Waals surface area contributed by atoms with Crippen LogP contribution in [0.15, 0.2) is 18.2 Å². The first-order chi connectivity index (χ1) is 10.6. The van der Waals surface area contributed by atoms with Gasteiger partial charge in [0, 0.05) is 24.8 Å². The van der Waals surface area contributed by atoms with Gasteiger partial charge in [-0.3, -0.25) is 4.90 Å². The van der Waals surface area contributed by atoms with Crippen molar-refractivity contribution >= 4 is 0 Å². The third-order valence-corrected chi connectivity index (χ3v) is 4.93. The summed E-state index contributed by atoms with van der Waals surface area (Å²) in [7, 11) is 0. The number of benzene rings is 1. The lowest BCUT2D eigenvalue weighted by atomic mass is 9.77. The third-order valence-electron chi connectivity index (χ3n) is 4.93. The van der Waals surface area contributed by atoms with E-state index < -0.39 is 0 Å². The normalized spacial score (nSPS) is 18.3. The molecule has 1 saturated heterocycles. The molecule has 4 nitrogen and oxygen atoms in total. The Kier molecular flexibility index (Phi) is 6.09. The maximum Gasteiger partial charge on any atom is 0.123 e. The average Bonchev–Trinajstić information content (AvgIpc) is 2.56. The van der Waals surface area contributed by atoms with Gasteiger partial charge in [0.05, 0.1) is 6.61 Å². The standard InChI is InChI=1S/C18H29NO3/c1-3-11-22-16-6-5-15(17(21)12-16)13-19-9-7-18(4-2,14-20)8-10-19/h5-6,12,20-21H,3-4,7-11,13-14H2,1-2H3. The van der Waals surface area contributed by atoms with Crippen LogP contribution in [-0.4, -0.2) is 41.4 Å². The van der Waals surface area contributed by atoms with Crippen LogP contribution in [0, 0.1) is 5.41 Å². The Morgan fingerprint density at radius 1 is 1.23 bits per heavy atom. The fourth-order valence-electron chi connectivity index (χ4n) is 3.04. The highest BCUT2D eigenvalue weighted by Crippen LogP contribution is 2.35. The summed E-state index contributed by atoms with van der Waals surface area (Å²) >= 11 is 0. The molecule has 1 aromatic carbocycles. The van der Waals surface area contributed by atoms with Gasteiger partial charge in [-0.2, -0.15) is 0 Å². The van der Waals surface area contributed by atoms with Gasteiger partial charge in [-0.15, -0.1) is 0 Å². The zero-order valence-corrected chi connectivity index (χ0v) is 13.8. The Bertz CT molecular complexity index is 461. The first-order valence-corrected chi connectivity index (χ1v) is 8.40. The van der Waals surface area contributed by atoms with Crippen LogP contribution in [0.5, 0.6) is 11.5 Å². The van der Waals surface area contributed by atoms with Crippen LogP contribution in [-0.2, 0) is 6.54 Å². The number of likely N-dealkylation sites (tertiary alicyclic amines) is 1. The van der Waals surface area contributed by atoms with Crippen LogP contribution in [0.2, 0.25) is 0 Å². The van der Waals surface area contributed by atoms with E-state index in [0.717, 1.165) is 56.6 Å². The number of piperidine rings is 1. The number of phenolic OH excluding ortho intramolecular Hbond substituents is 1. The summed E-state index contributed by atoms with van der Waals surface area (Å²) in [5, 5.41) is 19.8. The predicted molar refractivity (Wildman–Crippen MR) is 88.2 cm³/mol. The van der Waals surface area contributed by atoms with Crippen LogP contribution in [0.3, 0.4) is 0 Å². The molecule has 4 heteroatoms. The molecule has 2 N–H and O–H groups in total. The van der Waals surface area contributed by atoms with E-state index in [-0.39, 0.29) is 12.0 Å². The molecule has 1 aliphatic heterocycles. The number of hydrogen-bond acceptors (Lipinski definition) is 4. The van der Waals surface area contributed by atoms with Crippen molar-refractivity contribution in [3.8, 4) is 11.5 Å². The van der Waals surface area contributed by atoms with Gasteiger partial charge in [-0.1, -0.05) is 19.9 Å². The molecule has 0 saturated carbocycles. The summed E-state index contributed by atoms with van der Waals surface area (Å²) in [6.07, 6.45) is 4.04. The van der Waals surface area contributed by atoms with E-state index in [4.69, 9.17) is 4.74 Å². The molecule has 0 unspecified atom stereocenters. The molecule has 1 aromatic rings. The fraction of sp³-hybridized carbons (Fsp3) is 0.667. The van der Waals surface area contributed by atoms with E-state index in [1.54, 1.807) is 6.07 Å². The van der Waals surface area contributed by atoms with Gasteiger partial charge in [0.2, 0.25) is 0 Å². The van der Waals surface area contributed by atoms with E-state index >= 15 is 0 Å².